The lowest BCUT2D eigenvalue weighted by atomic mass is 10.1. The van der Waals surface area contributed by atoms with Gasteiger partial charge in [0.2, 0.25) is 0 Å². The molecule has 6 rings (SSSR count). The van der Waals surface area contributed by atoms with Crippen LogP contribution in [0.15, 0.2) is 59.6 Å². The van der Waals surface area contributed by atoms with Crippen LogP contribution in [0.3, 0.4) is 0 Å². The van der Waals surface area contributed by atoms with Crippen LogP contribution in [0.25, 0.3) is 0 Å². The average molecular weight is 520 g/mol. The highest BCUT2D eigenvalue weighted by Gasteiger charge is 2.42. The number of halogens is 1. The summed E-state index contributed by atoms with van der Waals surface area (Å²) in [6, 6.07) is 18.4. The molecular weight excluding hydrogens is 486 g/mol. The number of H-pyrrole nitrogens is 1. The summed E-state index contributed by atoms with van der Waals surface area (Å²) in [6.45, 7) is 3.91. The number of imidazole rings is 1. The van der Waals surface area contributed by atoms with Gasteiger partial charge in [0, 0.05) is 12.5 Å². The molecule has 0 radical (unpaired) electrons. The van der Waals surface area contributed by atoms with Gasteiger partial charge in [0.25, 0.3) is 0 Å². The zero-order valence-electron chi connectivity index (χ0n) is 21.2. The first-order valence-corrected chi connectivity index (χ1v) is 13.2. The third-order valence-corrected chi connectivity index (χ3v) is 7.43. The molecule has 8 heteroatoms. The van der Waals surface area contributed by atoms with Crippen molar-refractivity contribution >= 4 is 30.1 Å². The van der Waals surface area contributed by atoms with Crippen molar-refractivity contribution in [2.45, 2.75) is 64.0 Å². The van der Waals surface area contributed by atoms with Gasteiger partial charge in [-0.1, -0.05) is 62.2 Å². The van der Waals surface area contributed by atoms with E-state index in [-0.39, 0.29) is 24.5 Å². The molecule has 1 fully saturated rings. The van der Waals surface area contributed by atoms with E-state index >= 15 is 0 Å². The van der Waals surface area contributed by atoms with E-state index in [0.717, 1.165) is 60.2 Å². The summed E-state index contributed by atoms with van der Waals surface area (Å²) in [7, 11) is 0. The zero-order chi connectivity index (χ0) is 24.5. The predicted molar refractivity (Wildman–Crippen MR) is 148 cm³/mol. The van der Waals surface area contributed by atoms with E-state index < -0.39 is 0 Å². The number of benzene rings is 2. The van der Waals surface area contributed by atoms with E-state index in [9.17, 15) is 4.79 Å². The van der Waals surface area contributed by atoms with Gasteiger partial charge in [0.15, 0.2) is 11.7 Å². The molecule has 1 atom stereocenters. The standard InChI is InChI=1S/C29H33N5O2.ClH/c1-2-16-33-28-25(31-26(32-28)22-10-6-7-11-22)27-30-23(18-34(27)29(33)35)17-20-12-14-24(15-13-20)36-19-21-8-4-3-5-9-21;/h3-5,8-9,12-15,22-23H,2,6-7,10-11,16-19H2,1H3,(H,31,32);1H/t23-;/m0./s1. The number of carbonyl (C=O) groups excluding carboxylic acids is 1. The molecule has 1 aromatic heterocycles. The zero-order valence-corrected chi connectivity index (χ0v) is 22.0. The van der Waals surface area contributed by atoms with Gasteiger partial charge in [-0.25, -0.2) is 9.78 Å². The van der Waals surface area contributed by atoms with Gasteiger partial charge in [-0.2, -0.15) is 0 Å². The van der Waals surface area contributed by atoms with Crippen molar-refractivity contribution in [2.75, 3.05) is 18.0 Å². The molecule has 2 aliphatic heterocycles. The number of hydrogen-bond donors (Lipinski definition) is 1. The lowest BCUT2D eigenvalue weighted by Crippen LogP contribution is -2.50. The van der Waals surface area contributed by atoms with Gasteiger partial charge in [-0.3, -0.25) is 14.8 Å². The molecule has 1 aliphatic carbocycles. The van der Waals surface area contributed by atoms with Crippen LogP contribution in [0, 0.1) is 0 Å². The molecule has 7 nitrogen and oxygen atoms in total. The molecule has 3 aliphatic rings. The smallest absolute Gasteiger partial charge is 0.331 e. The number of nitrogens with one attached hydrogen (secondary N) is 1. The summed E-state index contributed by atoms with van der Waals surface area (Å²) in [5.41, 5.74) is 3.25. The minimum absolute atomic E-state index is 0. The highest BCUT2D eigenvalue weighted by Crippen LogP contribution is 2.37. The first-order chi connectivity index (χ1) is 17.7. The van der Waals surface area contributed by atoms with Gasteiger partial charge in [0.1, 0.15) is 23.9 Å². The van der Waals surface area contributed by atoms with Crippen molar-refractivity contribution in [3.05, 3.63) is 77.2 Å². The van der Waals surface area contributed by atoms with Crippen molar-refractivity contribution in [3.63, 3.8) is 0 Å². The van der Waals surface area contributed by atoms with Crippen molar-refractivity contribution in [1.29, 1.82) is 0 Å². The Morgan fingerprint density at radius 2 is 1.78 bits per heavy atom. The van der Waals surface area contributed by atoms with E-state index in [4.69, 9.17) is 14.7 Å². The number of ether oxygens (including phenoxy) is 1. The molecule has 1 saturated carbocycles. The fourth-order valence-corrected chi connectivity index (χ4v) is 5.58. The van der Waals surface area contributed by atoms with Crippen molar-refractivity contribution in [1.82, 2.24) is 14.9 Å². The Hall–Kier alpha value is -3.32. The van der Waals surface area contributed by atoms with Crippen molar-refractivity contribution < 1.29 is 9.53 Å². The SMILES string of the molecule is CCCN1C(=O)N2C[C@H](Cc3ccc(OCc4ccccc4)cc3)N=C2c2[nH]c(C3CCCC3)nc21.Cl. The molecule has 0 unspecified atom stereocenters. The number of hydrogen-bond acceptors (Lipinski definition) is 4. The lowest BCUT2D eigenvalue weighted by Gasteiger charge is -2.32. The summed E-state index contributed by atoms with van der Waals surface area (Å²) >= 11 is 0. The Morgan fingerprint density at radius 3 is 2.51 bits per heavy atom. The van der Waals surface area contributed by atoms with E-state index in [2.05, 4.69) is 36.2 Å². The number of aromatic nitrogens is 2. The molecule has 3 heterocycles. The highest BCUT2D eigenvalue weighted by atomic mass is 35.5. The fraction of sp³-hybridized carbons (Fsp3) is 0.414. The van der Waals surface area contributed by atoms with Crippen LogP contribution in [0.1, 0.15) is 67.6 Å². The summed E-state index contributed by atoms with van der Waals surface area (Å²) < 4.78 is 5.93. The maximum absolute atomic E-state index is 13.4. The third kappa shape index (κ3) is 5.10. The molecule has 194 valence electrons. The number of anilines is 1. The first-order valence-electron chi connectivity index (χ1n) is 13.2. The Labute approximate surface area is 224 Å². The van der Waals surface area contributed by atoms with Crippen LogP contribution in [0.5, 0.6) is 5.75 Å². The van der Waals surface area contributed by atoms with Gasteiger partial charge in [-0.15, -0.1) is 12.4 Å². The minimum atomic E-state index is -0.000248. The number of nitrogens with zero attached hydrogens (tertiary/aromatic N) is 4. The number of carbonyl (C=O) groups is 1. The maximum atomic E-state index is 13.4. The Balaban J connectivity index is 0.00000280. The van der Waals surface area contributed by atoms with E-state index in [0.29, 0.717) is 25.6 Å². The minimum Gasteiger partial charge on any atom is -0.489 e. The van der Waals surface area contributed by atoms with Gasteiger partial charge >= 0.3 is 6.03 Å². The van der Waals surface area contributed by atoms with Crippen molar-refractivity contribution in [2.24, 2.45) is 4.99 Å². The molecule has 37 heavy (non-hydrogen) atoms. The molecule has 3 aromatic rings. The number of aromatic amines is 1. The average Bonchev–Trinajstić information content (AvgIpc) is 3.66. The van der Waals surface area contributed by atoms with Crippen LogP contribution in [-0.2, 0) is 13.0 Å². The summed E-state index contributed by atoms with van der Waals surface area (Å²) in [6.07, 6.45) is 6.49. The predicted octanol–water partition coefficient (Wildman–Crippen LogP) is 6.09. The lowest BCUT2D eigenvalue weighted by molar-refractivity contribution is 0.226. The normalized spacial score (nSPS) is 18.9. The summed E-state index contributed by atoms with van der Waals surface area (Å²) in [5.74, 6) is 3.85. The highest BCUT2D eigenvalue weighted by molar-refractivity contribution is 6.18. The number of urea groups is 1. The van der Waals surface area contributed by atoms with Crippen LogP contribution in [0.2, 0.25) is 0 Å². The van der Waals surface area contributed by atoms with Gasteiger partial charge < -0.3 is 9.72 Å². The fourth-order valence-electron chi connectivity index (χ4n) is 5.58. The van der Waals surface area contributed by atoms with Crippen LogP contribution in [-0.4, -0.2) is 45.9 Å². The second-order valence-corrected chi connectivity index (χ2v) is 10.1. The topological polar surface area (TPSA) is 73.8 Å². The molecule has 0 spiro atoms. The quantitative estimate of drug-likeness (QED) is 0.391. The maximum Gasteiger partial charge on any atom is 0.331 e. The van der Waals surface area contributed by atoms with E-state index in [1.54, 1.807) is 0 Å². The van der Waals surface area contributed by atoms with E-state index in [1.807, 2.05) is 40.1 Å². The first kappa shape index (κ1) is 25.3. The molecule has 0 bridgehead atoms. The molecular formula is C29H34ClN5O2. The largest absolute Gasteiger partial charge is 0.489 e. The number of fused-ring (bicyclic) bond motifs is 3. The van der Waals surface area contributed by atoms with Gasteiger partial charge in [0.05, 0.1) is 12.6 Å². The number of aliphatic imine (C=N–C) groups is 1. The Morgan fingerprint density at radius 1 is 1.03 bits per heavy atom. The molecule has 2 aromatic carbocycles. The molecule has 2 amide bonds. The second kappa shape index (κ2) is 11.0. The number of amidine groups is 1. The Kier molecular flexibility index (Phi) is 7.51. The van der Waals surface area contributed by atoms with Crippen LogP contribution >= 0.6 is 12.4 Å². The molecule has 1 N–H and O–H groups in total. The second-order valence-electron chi connectivity index (χ2n) is 10.1. The number of amides is 2. The van der Waals surface area contributed by atoms with E-state index in [1.165, 1.54) is 18.4 Å². The van der Waals surface area contributed by atoms with Crippen LogP contribution in [0.4, 0.5) is 10.6 Å². The number of rotatable bonds is 8. The van der Waals surface area contributed by atoms with Crippen LogP contribution < -0.4 is 9.64 Å². The monoisotopic (exact) mass is 519 g/mol. The third-order valence-electron chi connectivity index (χ3n) is 7.43. The Bertz CT molecular complexity index is 1250. The van der Waals surface area contributed by atoms with Crippen molar-refractivity contribution in [3.8, 4) is 5.75 Å². The summed E-state index contributed by atoms with van der Waals surface area (Å²) in [4.78, 5) is 30.6. The summed E-state index contributed by atoms with van der Waals surface area (Å²) in [5, 5.41) is 0. The molecule has 0 saturated heterocycles. The van der Waals surface area contributed by atoms with Gasteiger partial charge in [-0.05, 0) is 48.9 Å².